The van der Waals surface area contributed by atoms with Crippen LogP contribution in [0.4, 0.5) is 0 Å². The Kier molecular flexibility index (Phi) is 28.1. The van der Waals surface area contributed by atoms with Crippen LogP contribution in [-0.2, 0) is 4.74 Å². The van der Waals surface area contributed by atoms with Gasteiger partial charge in [-0.2, -0.15) is 0 Å². The second-order valence-corrected chi connectivity index (χ2v) is 3.63. The van der Waals surface area contributed by atoms with Gasteiger partial charge in [0.1, 0.15) is 12.2 Å². The molecule has 0 amide bonds. The minimum Gasteiger partial charge on any atom is -0.394 e. The molecule has 18 heavy (non-hydrogen) atoms. The lowest BCUT2D eigenvalue weighted by Gasteiger charge is -2.10. The Balaban J connectivity index is -0.000000197. The summed E-state index contributed by atoms with van der Waals surface area (Å²) in [6.07, 6.45) is 1.63. The van der Waals surface area contributed by atoms with Crippen molar-refractivity contribution in [2.24, 2.45) is 0 Å². The van der Waals surface area contributed by atoms with Crippen LogP contribution in [0.25, 0.3) is 0 Å². The van der Waals surface area contributed by atoms with E-state index in [1.807, 2.05) is 13.8 Å². The van der Waals surface area contributed by atoms with Gasteiger partial charge in [-0.15, -0.1) is 0 Å². The molecular weight excluding hydrogens is 236 g/mol. The SMILES string of the molecule is CCCCC.CCOCC.OCC(O)C(O)CO. The molecule has 114 valence electrons. The second-order valence-electron chi connectivity index (χ2n) is 3.63. The Bertz CT molecular complexity index is 104. The molecule has 0 spiro atoms. The highest BCUT2D eigenvalue weighted by atomic mass is 16.5. The second kappa shape index (κ2) is 22.0. The van der Waals surface area contributed by atoms with Crippen molar-refractivity contribution in [2.75, 3.05) is 26.4 Å². The molecule has 0 aromatic heterocycles. The number of aliphatic hydroxyl groups excluding tert-OH is 4. The Morgan fingerprint density at radius 1 is 0.778 bits per heavy atom. The predicted octanol–water partition coefficient (Wildman–Crippen LogP) is 0.932. The van der Waals surface area contributed by atoms with Crippen molar-refractivity contribution >= 4 is 0 Å². The molecular formula is C13H32O5. The van der Waals surface area contributed by atoms with E-state index in [1.54, 1.807) is 0 Å². The fourth-order valence-corrected chi connectivity index (χ4v) is 0.801. The Hall–Kier alpha value is -0.200. The molecule has 0 heterocycles. The molecule has 0 saturated carbocycles. The molecule has 5 heteroatoms. The van der Waals surface area contributed by atoms with E-state index >= 15 is 0 Å². The van der Waals surface area contributed by atoms with Crippen LogP contribution in [0.15, 0.2) is 0 Å². The zero-order valence-electron chi connectivity index (χ0n) is 12.3. The monoisotopic (exact) mass is 268 g/mol. The summed E-state index contributed by atoms with van der Waals surface area (Å²) in [4.78, 5) is 0. The van der Waals surface area contributed by atoms with Gasteiger partial charge in [-0.3, -0.25) is 0 Å². The fraction of sp³-hybridized carbons (Fsp3) is 1.00. The first-order valence-electron chi connectivity index (χ1n) is 6.70. The van der Waals surface area contributed by atoms with Crippen LogP contribution in [-0.4, -0.2) is 59.1 Å². The minimum atomic E-state index is -1.22. The standard InChI is InChI=1S/C5H12.C4H10O4.C4H10O/c1-3-5-4-2;5-1-3(7)4(8)2-6;1-3-5-4-2/h3-5H2,1-2H3;3-8H,1-2H2;3-4H2,1-2H3. The average molecular weight is 268 g/mol. The van der Waals surface area contributed by atoms with Gasteiger partial charge in [0.25, 0.3) is 0 Å². The third kappa shape index (κ3) is 24.9. The van der Waals surface area contributed by atoms with Gasteiger partial charge in [0.2, 0.25) is 0 Å². The zero-order chi connectivity index (χ0) is 14.8. The molecule has 2 unspecified atom stereocenters. The van der Waals surface area contributed by atoms with Crippen LogP contribution >= 0.6 is 0 Å². The molecule has 0 aromatic rings. The van der Waals surface area contributed by atoms with Gasteiger partial charge in [-0.25, -0.2) is 0 Å². The van der Waals surface area contributed by atoms with Crippen LogP contribution in [0.2, 0.25) is 0 Å². The highest BCUT2D eigenvalue weighted by Crippen LogP contribution is 1.88. The topological polar surface area (TPSA) is 90.2 Å². The number of ether oxygens (including phenoxy) is 1. The van der Waals surface area contributed by atoms with Crippen LogP contribution < -0.4 is 0 Å². The van der Waals surface area contributed by atoms with Crippen molar-refractivity contribution in [3.8, 4) is 0 Å². The van der Waals surface area contributed by atoms with Gasteiger partial charge in [0.05, 0.1) is 13.2 Å². The van der Waals surface area contributed by atoms with E-state index in [0.29, 0.717) is 0 Å². The van der Waals surface area contributed by atoms with Crippen LogP contribution in [0.3, 0.4) is 0 Å². The normalized spacial score (nSPS) is 12.7. The summed E-state index contributed by atoms with van der Waals surface area (Å²) in [6.45, 7) is 9.04. The minimum absolute atomic E-state index is 0.526. The fourth-order valence-electron chi connectivity index (χ4n) is 0.801. The number of hydrogen-bond acceptors (Lipinski definition) is 5. The molecule has 0 radical (unpaired) electrons. The molecule has 5 nitrogen and oxygen atoms in total. The van der Waals surface area contributed by atoms with Gasteiger partial charge in [0.15, 0.2) is 0 Å². The molecule has 0 aliphatic rings. The summed E-state index contributed by atoms with van der Waals surface area (Å²) >= 11 is 0. The zero-order valence-corrected chi connectivity index (χ0v) is 12.3. The van der Waals surface area contributed by atoms with Gasteiger partial charge in [-0.05, 0) is 13.8 Å². The third-order valence-electron chi connectivity index (χ3n) is 1.93. The molecule has 0 aliphatic heterocycles. The average Bonchev–Trinajstić information content (AvgIpc) is 2.40. The summed E-state index contributed by atoms with van der Waals surface area (Å²) in [7, 11) is 0. The lowest BCUT2D eigenvalue weighted by atomic mass is 10.2. The van der Waals surface area contributed by atoms with E-state index in [1.165, 1.54) is 19.3 Å². The Morgan fingerprint density at radius 3 is 1.17 bits per heavy atom. The van der Waals surface area contributed by atoms with E-state index in [4.69, 9.17) is 25.2 Å². The van der Waals surface area contributed by atoms with E-state index < -0.39 is 25.4 Å². The highest BCUT2D eigenvalue weighted by Gasteiger charge is 2.12. The van der Waals surface area contributed by atoms with Gasteiger partial charge >= 0.3 is 0 Å². The largest absolute Gasteiger partial charge is 0.394 e. The van der Waals surface area contributed by atoms with Crippen molar-refractivity contribution in [3.05, 3.63) is 0 Å². The van der Waals surface area contributed by atoms with Crippen LogP contribution in [0, 0.1) is 0 Å². The van der Waals surface area contributed by atoms with Crippen molar-refractivity contribution in [3.63, 3.8) is 0 Å². The number of aliphatic hydroxyl groups is 4. The summed E-state index contributed by atoms with van der Waals surface area (Å²) in [5.74, 6) is 0. The first-order chi connectivity index (χ1) is 8.55. The smallest absolute Gasteiger partial charge is 0.105 e. The molecule has 0 aromatic carbocycles. The van der Waals surface area contributed by atoms with Crippen molar-refractivity contribution in [1.29, 1.82) is 0 Å². The third-order valence-corrected chi connectivity index (χ3v) is 1.93. The van der Waals surface area contributed by atoms with E-state index in [2.05, 4.69) is 13.8 Å². The lowest BCUT2D eigenvalue weighted by molar-refractivity contribution is -0.0388. The summed E-state index contributed by atoms with van der Waals surface area (Å²) in [5.41, 5.74) is 0. The van der Waals surface area contributed by atoms with E-state index in [0.717, 1.165) is 13.2 Å². The highest BCUT2D eigenvalue weighted by molar-refractivity contribution is 4.62. The Labute approximate surface area is 111 Å². The predicted molar refractivity (Wildman–Crippen MR) is 73.6 cm³/mol. The summed E-state index contributed by atoms with van der Waals surface area (Å²) in [5, 5.41) is 33.2. The van der Waals surface area contributed by atoms with Crippen LogP contribution in [0.5, 0.6) is 0 Å². The van der Waals surface area contributed by atoms with Crippen molar-refractivity contribution in [2.45, 2.75) is 59.2 Å². The van der Waals surface area contributed by atoms with Gasteiger partial charge < -0.3 is 25.2 Å². The molecule has 0 aliphatic carbocycles. The van der Waals surface area contributed by atoms with Crippen molar-refractivity contribution < 1.29 is 25.2 Å². The molecule has 0 fully saturated rings. The number of rotatable bonds is 7. The quantitative estimate of drug-likeness (QED) is 0.551. The number of unbranched alkanes of at least 4 members (excludes halogenated alkanes) is 2. The molecule has 0 bridgehead atoms. The van der Waals surface area contributed by atoms with E-state index in [-0.39, 0.29) is 0 Å². The molecule has 0 rings (SSSR count). The summed E-state index contributed by atoms with van der Waals surface area (Å²) < 4.78 is 4.83. The van der Waals surface area contributed by atoms with E-state index in [9.17, 15) is 0 Å². The molecule has 2 atom stereocenters. The first kappa shape index (κ1) is 22.9. The Morgan fingerprint density at radius 2 is 1.11 bits per heavy atom. The van der Waals surface area contributed by atoms with Gasteiger partial charge in [0, 0.05) is 13.2 Å². The lowest BCUT2D eigenvalue weighted by Crippen LogP contribution is -2.31. The van der Waals surface area contributed by atoms with Crippen molar-refractivity contribution in [1.82, 2.24) is 0 Å². The summed E-state index contributed by atoms with van der Waals surface area (Å²) in [6, 6.07) is 0. The number of hydrogen-bond donors (Lipinski definition) is 4. The first-order valence-corrected chi connectivity index (χ1v) is 6.70. The van der Waals surface area contributed by atoms with Gasteiger partial charge in [-0.1, -0.05) is 33.1 Å². The maximum absolute atomic E-state index is 8.47. The van der Waals surface area contributed by atoms with Crippen LogP contribution in [0.1, 0.15) is 47.0 Å². The maximum Gasteiger partial charge on any atom is 0.105 e. The maximum atomic E-state index is 8.47. The molecule has 0 saturated heterocycles. The molecule has 4 N–H and O–H groups in total.